The smallest absolute Gasteiger partial charge is 0.121 e. The summed E-state index contributed by atoms with van der Waals surface area (Å²) in [6.45, 7) is -0.456. The number of ether oxygens (including phenoxy) is 2. The van der Waals surface area contributed by atoms with Crippen LogP contribution in [0.25, 0.3) is 0 Å². The van der Waals surface area contributed by atoms with Crippen molar-refractivity contribution >= 4 is 22.9 Å². The summed E-state index contributed by atoms with van der Waals surface area (Å²) in [5.74, 6) is 0.879. The Balaban J connectivity index is 1.45. The molecule has 0 amide bonds. The van der Waals surface area contributed by atoms with Crippen LogP contribution in [0.5, 0.6) is 5.75 Å². The predicted molar refractivity (Wildman–Crippen MR) is 114 cm³/mol. The molecule has 4 N–H and O–H groups in total. The molecular formula is C22H27ClO6S. The fourth-order valence-corrected chi connectivity index (χ4v) is 5.50. The lowest BCUT2D eigenvalue weighted by atomic mass is 9.94. The van der Waals surface area contributed by atoms with Gasteiger partial charge in [-0.25, -0.2) is 0 Å². The largest absolute Gasteiger partial charge is 0.490 e. The van der Waals surface area contributed by atoms with Crippen LogP contribution in [0.4, 0.5) is 0 Å². The zero-order valence-electron chi connectivity index (χ0n) is 16.5. The molecule has 1 aromatic heterocycles. The van der Waals surface area contributed by atoms with Gasteiger partial charge in [0.1, 0.15) is 36.3 Å². The molecule has 1 saturated carbocycles. The van der Waals surface area contributed by atoms with E-state index >= 15 is 0 Å². The average molecular weight is 455 g/mol. The Morgan fingerprint density at radius 1 is 1.03 bits per heavy atom. The van der Waals surface area contributed by atoms with Crippen LogP contribution in [0, 0.1) is 0 Å². The maximum absolute atomic E-state index is 10.3. The molecule has 0 radical (unpaired) electrons. The van der Waals surface area contributed by atoms with Gasteiger partial charge in [-0.1, -0.05) is 23.7 Å². The second-order valence-corrected chi connectivity index (χ2v) is 9.73. The third-order valence-corrected chi connectivity index (χ3v) is 7.37. The molecule has 4 rings (SSSR count). The summed E-state index contributed by atoms with van der Waals surface area (Å²) in [5, 5.41) is 39.7. The Morgan fingerprint density at radius 3 is 2.40 bits per heavy atom. The molecule has 5 unspecified atom stereocenters. The third-order valence-electron chi connectivity index (χ3n) is 5.87. The minimum atomic E-state index is -1.40. The van der Waals surface area contributed by atoms with Gasteiger partial charge in [0.15, 0.2) is 0 Å². The molecule has 2 aliphatic rings. The van der Waals surface area contributed by atoms with E-state index in [1.807, 2.05) is 30.3 Å². The summed E-state index contributed by atoms with van der Waals surface area (Å²) in [4.78, 5) is 0.646. The van der Waals surface area contributed by atoms with Crippen molar-refractivity contribution in [2.24, 2.45) is 0 Å². The number of aliphatic hydroxyl groups excluding tert-OH is 4. The van der Waals surface area contributed by atoms with Gasteiger partial charge in [0.25, 0.3) is 0 Å². The molecule has 2 aromatic rings. The summed E-state index contributed by atoms with van der Waals surface area (Å²) in [6, 6.07) is 9.85. The summed E-state index contributed by atoms with van der Waals surface area (Å²) < 4.78 is 12.2. The first-order valence-electron chi connectivity index (χ1n) is 10.3. The molecule has 2 fully saturated rings. The van der Waals surface area contributed by atoms with E-state index in [-0.39, 0.29) is 0 Å². The van der Waals surface area contributed by atoms with E-state index in [9.17, 15) is 20.4 Å². The molecule has 164 valence electrons. The first-order chi connectivity index (χ1) is 14.5. The monoisotopic (exact) mass is 454 g/mol. The first-order valence-corrected chi connectivity index (χ1v) is 11.5. The second kappa shape index (κ2) is 9.53. The standard InChI is InChI=1S/C22H27ClO6S/c23-22-13(9-12-5-7-15(8-6-12)28-14-3-1-2-4-14)10-17(30-22)21-20(27)19(26)18(25)16(11-24)29-21/h5-8,10,14,16,18-21,24-27H,1-4,9,11H2. The van der Waals surface area contributed by atoms with Gasteiger partial charge < -0.3 is 29.9 Å². The summed E-state index contributed by atoms with van der Waals surface area (Å²) >= 11 is 7.70. The Labute approximate surface area is 184 Å². The molecule has 1 aromatic carbocycles. The minimum Gasteiger partial charge on any atom is -0.490 e. The van der Waals surface area contributed by atoms with Crippen LogP contribution in [0.2, 0.25) is 4.34 Å². The maximum atomic E-state index is 10.3. The maximum Gasteiger partial charge on any atom is 0.121 e. The van der Waals surface area contributed by atoms with Gasteiger partial charge in [0, 0.05) is 4.88 Å². The molecule has 1 saturated heterocycles. The van der Waals surface area contributed by atoms with Crippen LogP contribution >= 0.6 is 22.9 Å². The molecule has 0 spiro atoms. The van der Waals surface area contributed by atoms with Crippen LogP contribution in [-0.2, 0) is 11.2 Å². The van der Waals surface area contributed by atoms with Gasteiger partial charge in [0.2, 0.25) is 0 Å². The van der Waals surface area contributed by atoms with Crippen LogP contribution in [0.15, 0.2) is 30.3 Å². The summed E-state index contributed by atoms with van der Waals surface area (Å²) in [5.41, 5.74) is 1.96. The molecule has 1 aliphatic heterocycles. The molecule has 5 atom stereocenters. The highest BCUT2D eigenvalue weighted by atomic mass is 35.5. The number of aliphatic hydroxyl groups is 4. The lowest BCUT2D eigenvalue weighted by Crippen LogP contribution is -2.55. The molecular weight excluding hydrogens is 428 g/mol. The van der Waals surface area contributed by atoms with Gasteiger partial charge >= 0.3 is 0 Å². The highest BCUT2D eigenvalue weighted by Crippen LogP contribution is 2.40. The van der Waals surface area contributed by atoms with Gasteiger partial charge in [-0.2, -0.15) is 0 Å². The Hall–Kier alpha value is -1.19. The van der Waals surface area contributed by atoms with E-state index in [4.69, 9.17) is 21.1 Å². The van der Waals surface area contributed by atoms with Gasteiger partial charge in [-0.05, 0) is 61.4 Å². The first kappa shape index (κ1) is 22.0. The molecule has 2 heterocycles. The van der Waals surface area contributed by atoms with Crippen molar-refractivity contribution in [3.05, 3.63) is 50.7 Å². The zero-order chi connectivity index (χ0) is 21.3. The van der Waals surface area contributed by atoms with Crippen molar-refractivity contribution in [2.45, 2.75) is 68.7 Å². The summed E-state index contributed by atoms with van der Waals surface area (Å²) in [7, 11) is 0. The van der Waals surface area contributed by atoms with Crippen molar-refractivity contribution in [1.82, 2.24) is 0 Å². The third kappa shape index (κ3) is 4.67. The summed E-state index contributed by atoms with van der Waals surface area (Å²) in [6.07, 6.45) is -0.258. The van der Waals surface area contributed by atoms with E-state index in [1.165, 1.54) is 24.2 Å². The fraction of sp³-hybridized carbons (Fsp3) is 0.545. The van der Waals surface area contributed by atoms with E-state index in [0.717, 1.165) is 29.7 Å². The molecule has 6 nitrogen and oxygen atoms in total. The van der Waals surface area contributed by atoms with Crippen LogP contribution in [-0.4, -0.2) is 57.6 Å². The van der Waals surface area contributed by atoms with Crippen molar-refractivity contribution in [1.29, 1.82) is 0 Å². The average Bonchev–Trinajstić information content (AvgIpc) is 3.38. The quantitative estimate of drug-likeness (QED) is 0.535. The number of rotatable bonds is 6. The molecule has 1 aliphatic carbocycles. The number of hydrogen-bond donors (Lipinski definition) is 4. The number of hydrogen-bond acceptors (Lipinski definition) is 7. The van der Waals surface area contributed by atoms with E-state index < -0.39 is 37.1 Å². The SMILES string of the molecule is OCC1OC(c2cc(Cc3ccc(OC4CCCC4)cc3)c(Cl)s2)C(O)C(O)C1O. The van der Waals surface area contributed by atoms with Crippen LogP contribution < -0.4 is 4.74 Å². The van der Waals surface area contributed by atoms with Gasteiger partial charge in [-0.15, -0.1) is 11.3 Å². The zero-order valence-corrected chi connectivity index (χ0v) is 18.1. The number of halogens is 1. The van der Waals surface area contributed by atoms with Gasteiger partial charge in [0.05, 0.1) is 17.0 Å². The minimum absolute atomic E-state index is 0.322. The number of benzene rings is 1. The van der Waals surface area contributed by atoms with E-state index in [0.29, 0.717) is 21.7 Å². The number of thiophene rings is 1. The van der Waals surface area contributed by atoms with Gasteiger partial charge in [-0.3, -0.25) is 0 Å². The second-order valence-electron chi connectivity index (χ2n) is 8.04. The van der Waals surface area contributed by atoms with Crippen LogP contribution in [0.3, 0.4) is 0 Å². The van der Waals surface area contributed by atoms with Crippen molar-refractivity contribution in [2.75, 3.05) is 6.61 Å². The van der Waals surface area contributed by atoms with Crippen molar-refractivity contribution in [3.8, 4) is 5.75 Å². The normalized spacial score (nSPS) is 30.0. The lowest BCUT2D eigenvalue weighted by molar-refractivity contribution is -0.230. The topological polar surface area (TPSA) is 99.4 Å². The molecule has 8 heteroatoms. The molecule has 0 bridgehead atoms. The van der Waals surface area contributed by atoms with Crippen LogP contribution in [0.1, 0.15) is 47.8 Å². The van der Waals surface area contributed by atoms with Crippen molar-refractivity contribution in [3.63, 3.8) is 0 Å². The van der Waals surface area contributed by atoms with E-state index in [2.05, 4.69) is 0 Å². The van der Waals surface area contributed by atoms with E-state index in [1.54, 1.807) is 0 Å². The fourth-order valence-electron chi connectivity index (χ4n) is 4.13. The lowest BCUT2D eigenvalue weighted by Gasteiger charge is -2.39. The Kier molecular flexibility index (Phi) is 6.99. The highest BCUT2D eigenvalue weighted by Gasteiger charge is 2.44. The predicted octanol–water partition coefficient (Wildman–Crippen LogP) is 2.83. The van der Waals surface area contributed by atoms with Crippen molar-refractivity contribution < 1.29 is 29.9 Å². The highest BCUT2D eigenvalue weighted by molar-refractivity contribution is 7.16. The Morgan fingerprint density at radius 2 is 1.73 bits per heavy atom. The molecule has 30 heavy (non-hydrogen) atoms. The Bertz CT molecular complexity index is 833.